The zero-order chi connectivity index (χ0) is 23.3. The van der Waals surface area contributed by atoms with Gasteiger partial charge >= 0.3 is 5.97 Å². The van der Waals surface area contributed by atoms with Crippen LogP contribution in [0.3, 0.4) is 0 Å². The quantitative estimate of drug-likeness (QED) is 0.499. The molecule has 0 atom stereocenters. The van der Waals surface area contributed by atoms with Crippen molar-refractivity contribution in [1.82, 2.24) is 14.7 Å². The highest BCUT2D eigenvalue weighted by Crippen LogP contribution is 2.19. The van der Waals surface area contributed by atoms with Gasteiger partial charge in [0, 0.05) is 18.8 Å². The molecule has 0 saturated carbocycles. The Morgan fingerprint density at radius 1 is 1.09 bits per heavy atom. The van der Waals surface area contributed by atoms with Crippen molar-refractivity contribution < 1.29 is 23.5 Å². The predicted octanol–water partition coefficient (Wildman–Crippen LogP) is 3.84. The molecule has 32 heavy (non-hydrogen) atoms. The predicted molar refractivity (Wildman–Crippen MR) is 117 cm³/mol. The Morgan fingerprint density at radius 2 is 1.81 bits per heavy atom. The van der Waals surface area contributed by atoms with Gasteiger partial charge in [0.1, 0.15) is 0 Å². The minimum atomic E-state index is -0.593. The van der Waals surface area contributed by atoms with Gasteiger partial charge in [-0.1, -0.05) is 6.07 Å². The van der Waals surface area contributed by atoms with Crippen molar-refractivity contribution in [1.29, 1.82) is 0 Å². The number of benzene rings is 2. The number of ether oxygens (including phenoxy) is 2. The summed E-state index contributed by atoms with van der Waals surface area (Å²) in [6, 6.07) is 13.3. The van der Waals surface area contributed by atoms with Crippen molar-refractivity contribution in [3.63, 3.8) is 0 Å². The summed E-state index contributed by atoms with van der Waals surface area (Å²) in [6.07, 6.45) is 0. The highest BCUT2D eigenvalue weighted by Gasteiger charge is 2.17. The van der Waals surface area contributed by atoms with Gasteiger partial charge in [-0.2, -0.15) is 5.10 Å². The van der Waals surface area contributed by atoms with Crippen molar-refractivity contribution in [2.45, 2.75) is 27.3 Å². The lowest BCUT2D eigenvalue weighted by Gasteiger charge is -2.21. The number of nitrogens with zero attached hydrogens (tertiary/aromatic N) is 3. The summed E-state index contributed by atoms with van der Waals surface area (Å²) in [5.41, 5.74) is 3.67. The average molecular weight is 439 g/mol. The first-order chi connectivity index (χ1) is 15.3. The van der Waals surface area contributed by atoms with E-state index in [1.54, 1.807) is 41.9 Å². The van der Waals surface area contributed by atoms with Gasteiger partial charge in [0.15, 0.2) is 18.2 Å². The fraction of sp³-hybridized carbons (Fsp3) is 0.292. The maximum atomic E-state index is 13.9. The van der Waals surface area contributed by atoms with Crippen molar-refractivity contribution in [3.8, 4) is 11.4 Å². The minimum absolute atomic E-state index is 0.140. The molecule has 168 valence electrons. The number of halogens is 1. The van der Waals surface area contributed by atoms with E-state index < -0.39 is 18.4 Å². The smallest absolute Gasteiger partial charge is 0.338 e. The van der Waals surface area contributed by atoms with E-state index in [1.165, 1.54) is 24.1 Å². The van der Waals surface area contributed by atoms with Gasteiger partial charge in [0.05, 0.1) is 24.1 Å². The number of carbonyl (C=O) groups is 2. The second kappa shape index (κ2) is 10.1. The first-order valence-electron chi connectivity index (χ1n) is 10.2. The SMILES string of the molecule is CCN(Cc1ccc(OC)c(F)c1)C(=O)COC(=O)c1ccc(-n2nc(C)cc2C)cc1. The lowest BCUT2D eigenvalue weighted by Crippen LogP contribution is -2.34. The minimum Gasteiger partial charge on any atom is -0.494 e. The molecule has 3 aromatic rings. The van der Waals surface area contributed by atoms with E-state index in [4.69, 9.17) is 9.47 Å². The molecule has 1 aromatic heterocycles. The van der Waals surface area contributed by atoms with Crippen LogP contribution in [0.4, 0.5) is 4.39 Å². The van der Waals surface area contributed by atoms with Crippen LogP contribution in [0.5, 0.6) is 5.75 Å². The number of esters is 1. The Labute approximate surface area is 186 Å². The number of hydrogen-bond acceptors (Lipinski definition) is 5. The largest absolute Gasteiger partial charge is 0.494 e. The number of likely N-dealkylation sites (N-methyl/N-ethyl adjacent to an activating group) is 1. The second-order valence-corrected chi connectivity index (χ2v) is 7.34. The van der Waals surface area contributed by atoms with Gasteiger partial charge in [-0.3, -0.25) is 4.79 Å². The number of rotatable bonds is 8. The Kier molecular flexibility index (Phi) is 7.25. The van der Waals surface area contributed by atoms with Gasteiger partial charge in [-0.25, -0.2) is 13.9 Å². The Balaban J connectivity index is 1.58. The van der Waals surface area contributed by atoms with Crippen LogP contribution in [-0.2, 0) is 16.1 Å². The van der Waals surface area contributed by atoms with Crippen LogP contribution in [-0.4, -0.2) is 46.8 Å². The van der Waals surface area contributed by atoms with E-state index in [0.29, 0.717) is 17.7 Å². The van der Waals surface area contributed by atoms with Crippen molar-refractivity contribution in [2.24, 2.45) is 0 Å². The van der Waals surface area contributed by atoms with Crippen molar-refractivity contribution in [2.75, 3.05) is 20.3 Å². The maximum Gasteiger partial charge on any atom is 0.338 e. The molecule has 1 amide bonds. The lowest BCUT2D eigenvalue weighted by molar-refractivity contribution is -0.134. The number of amides is 1. The third-order valence-electron chi connectivity index (χ3n) is 5.01. The highest BCUT2D eigenvalue weighted by molar-refractivity contribution is 5.91. The Morgan fingerprint density at radius 3 is 2.38 bits per heavy atom. The lowest BCUT2D eigenvalue weighted by atomic mass is 10.2. The summed E-state index contributed by atoms with van der Waals surface area (Å²) >= 11 is 0. The van der Waals surface area contributed by atoms with Crippen LogP contribution in [0.1, 0.15) is 34.2 Å². The van der Waals surface area contributed by atoms with Crippen molar-refractivity contribution >= 4 is 11.9 Å². The molecular formula is C24H26FN3O4. The van der Waals surface area contributed by atoms with Gasteiger partial charge in [0.25, 0.3) is 5.91 Å². The second-order valence-electron chi connectivity index (χ2n) is 7.34. The molecule has 0 bridgehead atoms. The molecular weight excluding hydrogens is 413 g/mol. The third-order valence-corrected chi connectivity index (χ3v) is 5.01. The molecule has 7 nitrogen and oxygen atoms in total. The molecule has 0 unspecified atom stereocenters. The van der Waals surface area contributed by atoms with E-state index in [-0.39, 0.29) is 18.2 Å². The summed E-state index contributed by atoms with van der Waals surface area (Å²) in [5, 5.41) is 4.41. The van der Waals surface area contributed by atoms with Crippen LogP contribution < -0.4 is 4.74 Å². The normalized spacial score (nSPS) is 10.7. The van der Waals surface area contributed by atoms with Gasteiger partial charge < -0.3 is 14.4 Å². The van der Waals surface area contributed by atoms with E-state index >= 15 is 0 Å². The monoisotopic (exact) mass is 439 g/mol. The van der Waals surface area contributed by atoms with Crippen LogP contribution in [0, 0.1) is 19.7 Å². The molecule has 1 heterocycles. The molecule has 0 aliphatic carbocycles. The van der Waals surface area contributed by atoms with Gasteiger partial charge in [-0.15, -0.1) is 0 Å². The fourth-order valence-electron chi connectivity index (χ4n) is 3.34. The molecule has 2 aromatic carbocycles. The number of aromatic nitrogens is 2. The number of aryl methyl sites for hydroxylation is 2. The molecule has 8 heteroatoms. The topological polar surface area (TPSA) is 73.7 Å². The van der Waals surface area contributed by atoms with Crippen LogP contribution in [0.15, 0.2) is 48.5 Å². The molecule has 0 spiro atoms. The molecule has 0 N–H and O–H groups in total. The third kappa shape index (κ3) is 5.32. The number of hydrogen-bond donors (Lipinski definition) is 0. The zero-order valence-electron chi connectivity index (χ0n) is 18.6. The van der Waals surface area contributed by atoms with E-state index in [1.807, 2.05) is 19.9 Å². The number of carbonyl (C=O) groups excluding carboxylic acids is 2. The summed E-state index contributed by atoms with van der Waals surface area (Å²) < 4.78 is 25.8. The Hall–Kier alpha value is -3.68. The van der Waals surface area contributed by atoms with Gasteiger partial charge in [-0.05, 0) is 68.8 Å². The highest BCUT2D eigenvalue weighted by atomic mass is 19.1. The zero-order valence-corrected chi connectivity index (χ0v) is 18.6. The standard InChI is InChI=1S/C24H26FN3O4/c1-5-27(14-18-6-11-22(31-4)21(25)13-18)23(29)15-32-24(30)19-7-9-20(10-8-19)28-17(3)12-16(2)26-28/h6-13H,5,14-15H2,1-4H3. The van der Waals surface area contributed by atoms with Gasteiger partial charge in [0.2, 0.25) is 0 Å². The summed E-state index contributed by atoms with van der Waals surface area (Å²) in [5.74, 6) is -1.31. The maximum absolute atomic E-state index is 13.9. The summed E-state index contributed by atoms with van der Waals surface area (Å²) in [7, 11) is 1.39. The molecule has 0 radical (unpaired) electrons. The van der Waals surface area contributed by atoms with E-state index in [2.05, 4.69) is 5.10 Å². The van der Waals surface area contributed by atoms with Crippen LogP contribution >= 0.6 is 0 Å². The molecule has 0 aliphatic rings. The molecule has 0 aliphatic heterocycles. The van der Waals surface area contributed by atoms with Crippen molar-refractivity contribution in [3.05, 3.63) is 76.9 Å². The molecule has 3 rings (SSSR count). The summed E-state index contributed by atoms with van der Waals surface area (Å²) in [4.78, 5) is 26.4. The first kappa shape index (κ1) is 23.0. The fourth-order valence-corrected chi connectivity index (χ4v) is 3.34. The Bertz CT molecular complexity index is 1110. The average Bonchev–Trinajstić information content (AvgIpc) is 3.13. The van der Waals surface area contributed by atoms with E-state index in [0.717, 1.165) is 17.1 Å². The summed E-state index contributed by atoms with van der Waals surface area (Å²) in [6.45, 7) is 5.86. The van der Waals surface area contributed by atoms with Crippen LogP contribution in [0.2, 0.25) is 0 Å². The van der Waals surface area contributed by atoms with E-state index in [9.17, 15) is 14.0 Å². The first-order valence-corrected chi connectivity index (χ1v) is 10.2. The van der Waals surface area contributed by atoms with Crippen LogP contribution in [0.25, 0.3) is 5.69 Å². The molecule has 0 fully saturated rings. The molecule has 0 saturated heterocycles. The number of methoxy groups -OCH3 is 1.